The molecular weight excluding hydrogens is 432 g/mol. The van der Waals surface area contributed by atoms with Crippen molar-refractivity contribution < 1.29 is 19.1 Å². The highest BCUT2D eigenvalue weighted by Crippen LogP contribution is 2.32. The van der Waals surface area contributed by atoms with E-state index in [-0.39, 0.29) is 12.5 Å². The summed E-state index contributed by atoms with van der Waals surface area (Å²) in [6, 6.07) is 17.8. The van der Waals surface area contributed by atoms with Gasteiger partial charge in [0, 0.05) is 11.1 Å². The van der Waals surface area contributed by atoms with Crippen LogP contribution in [0.15, 0.2) is 71.4 Å². The Kier molecular flexibility index (Phi) is 6.40. The minimum absolute atomic E-state index is 0.0708. The number of esters is 1. The Hall–Kier alpha value is -3.49. The Morgan fingerprint density at radius 3 is 2.55 bits per heavy atom. The van der Waals surface area contributed by atoms with Crippen molar-refractivity contribution in [1.82, 2.24) is 4.98 Å². The smallest absolute Gasteiger partial charge is 0.338 e. The van der Waals surface area contributed by atoms with Crippen LogP contribution in [0.3, 0.4) is 0 Å². The molecular formula is C23H18N2O4S2. The normalized spacial score (nSPS) is 10.5. The summed E-state index contributed by atoms with van der Waals surface area (Å²) in [6.07, 6.45) is 0. The zero-order valence-corrected chi connectivity index (χ0v) is 18.2. The Morgan fingerprint density at radius 1 is 1.00 bits per heavy atom. The second kappa shape index (κ2) is 9.55. The van der Waals surface area contributed by atoms with Crippen molar-refractivity contribution in [1.29, 1.82) is 0 Å². The third-order valence-corrected chi connectivity index (χ3v) is 6.16. The molecule has 8 heteroatoms. The average molecular weight is 451 g/mol. The molecule has 2 aromatic heterocycles. The highest BCUT2D eigenvalue weighted by molar-refractivity contribution is 7.13. The summed E-state index contributed by atoms with van der Waals surface area (Å²) in [5, 5.41) is 7.30. The highest BCUT2D eigenvalue weighted by atomic mass is 32.1. The fraction of sp³-hybridized carbons (Fsp3) is 0.0870. The molecule has 4 rings (SSSR count). The van der Waals surface area contributed by atoms with Gasteiger partial charge in [-0.25, -0.2) is 9.78 Å². The van der Waals surface area contributed by atoms with Crippen molar-refractivity contribution in [3.63, 3.8) is 0 Å². The molecule has 0 aliphatic rings. The van der Waals surface area contributed by atoms with E-state index in [2.05, 4.69) is 10.3 Å². The second-order valence-electron chi connectivity index (χ2n) is 6.43. The van der Waals surface area contributed by atoms with Gasteiger partial charge in [-0.2, -0.15) is 0 Å². The summed E-state index contributed by atoms with van der Waals surface area (Å²) < 4.78 is 10.8. The van der Waals surface area contributed by atoms with E-state index in [1.165, 1.54) is 22.7 Å². The van der Waals surface area contributed by atoms with Crippen LogP contribution >= 0.6 is 22.7 Å². The van der Waals surface area contributed by atoms with E-state index in [1.54, 1.807) is 37.4 Å². The fourth-order valence-electron chi connectivity index (χ4n) is 2.83. The van der Waals surface area contributed by atoms with Crippen molar-refractivity contribution in [2.75, 3.05) is 12.4 Å². The Labute approximate surface area is 187 Å². The average Bonchev–Trinajstić information content (AvgIpc) is 3.50. The maximum absolute atomic E-state index is 12.4. The SMILES string of the molecule is COc1ccccc1-c1nc(COC(=O)c2ccc(NC(=O)c3cccs3)cc2)cs1. The molecule has 0 aliphatic carbocycles. The van der Waals surface area contributed by atoms with E-state index >= 15 is 0 Å². The molecule has 4 aromatic rings. The third-order valence-electron chi connectivity index (χ3n) is 4.36. The van der Waals surface area contributed by atoms with Crippen LogP contribution in [0.25, 0.3) is 10.6 Å². The first-order chi connectivity index (χ1) is 15.1. The number of methoxy groups -OCH3 is 1. The minimum Gasteiger partial charge on any atom is -0.496 e. The molecule has 0 aliphatic heterocycles. The van der Waals surface area contributed by atoms with Crippen molar-refractivity contribution in [3.8, 4) is 16.3 Å². The number of benzene rings is 2. The number of carbonyl (C=O) groups excluding carboxylic acids is 2. The molecule has 0 radical (unpaired) electrons. The summed E-state index contributed by atoms with van der Waals surface area (Å²) in [5.74, 6) is 0.106. The van der Waals surface area contributed by atoms with E-state index in [0.29, 0.717) is 21.8 Å². The number of aromatic nitrogens is 1. The standard InChI is InChI=1S/C23H18N2O4S2/c1-28-19-6-3-2-5-18(19)22-25-17(14-31-22)13-29-23(27)15-8-10-16(11-9-15)24-21(26)20-7-4-12-30-20/h2-12,14H,13H2,1H3,(H,24,26). The molecule has 31 heavy (non-hydrogen) atoms. The lowest BCUT2D eigenvalue weighted by atomic mass is 10.2. The zero-order chi connectivity index (χ0) is 21.6. The van der Waals surface area contributed by atoms with Gasteiger partial charge in [0.15, 0.2) is 0 Å². The van der Waals surface area contributed by atoms with Crippen LogP contribution in [0.1, 0.15) is 25.7 Å². The summed E-state index contributed by atoms with van der Waals surface area (Å²) in [5.41, 5.74) is 2.57. The van der Waals surface area contributed by atoms with Gasteiger partial charge in [-0.15, -0.1) is 22.7 Å². The number of thiazole rings is 1. The lowest BCUT2D eigenvalue weighted by molar-refractivity contribution is 0.0468. The maximum Gasteiger partial charge on any atom is 0.338 e. The number of carbonyl (C=O) groups is 2. The van der Waals surface area contributed by atoms with E-state index in [9.17, 15) is 9.59 Å². The number of ether oxygens (including phenoxy) is 2. The van der Waals surface area contributed by atoms with Crippen LogP contribution in [0.5, 0.6) is 5.75 Å². The first-order valence-electron chi connectivity index (χ1n) is 9.34. The monoisotopic (exact) mass is 450 g/mol. The lowest BCUT2D eigenvalue weighted by Gasteiger charge is -2.06. The molecule has 0 fully saturated rings. The Morgan fingerprint density at radius 2 is 1.81 bits per heavy atom. The quantitative estimate of drug-likeness (QED) is 0.377. The first kappa shape index (κ1) is 20.8. The van der Waals surface area contributed by atoms with Crippen LogP contribution < -0.4 is 10.1 Å². The summed E-state index contributed by atoms with van der Waals surface area (Å²) in [6.45, 7) is 0.0708. The number of hydrogen-bond acceptors (Lipinski definition) is 7. The van der Waals surface area contributed by atoms with Gasteiger partial charge in [0.1, 0.15) is 17.4 Å². The number of nitrogens with zero attached hydrogens (tertiary/aromatic N) is 1. The predicted octanol–water partition coefficient (Wildman–Crippen LogP) is 5.49. The molecule has 0 unspecified atom stereocenters. The lowest BCUT2D eigenvalue weighted by Crippen LogP contribution is -2.10. The molecule has 1 amide bonds. The molecule has 0 saturated carbocycles. The number of anilines is 1. The van der Waals surface area contributed by atoms with E-state index in [1.807, 2.05) is 41.1 Å². The molecule has 0 atom stereocenters. The maximum atomic E-state index is 12.4. The molecule has 0 spiro atoms. The number of thiophene rings is 1. The molecule has 0 saturated heterocycles. The van der Waals surface area contributed by atoms with Crippen LogP contribution in [0.4, 0.5) is 5.69 Å². The van der Waals surface area contributed by atoms with Crippen molar-refractivity contribution in [2.24, 2.45) is 0 Å². The van der Waals surface area contributed by atoms with Gasteiger partial charge in [-0.05, 0) is 47.8 Å². The van der Waals surface area contributed by atoms with Crippen molar-refractivity contribution in [2.45, 2.75) is 6.61 Å². The largest absolute Gasteiger partial charge is 0.496 e. The van der Waals surface area contributed by atoms with Crippen LogP contribution in [-0.2, 0) is 11.3 Å². The van der Waals surface area contributed by atoms with Crippen molar-refractivity contribution in [3.05, 3.63) is 87.6 Å². The summed E-state index contributed by atoms with van der Waals surface area (Å²) >= 11 is 2.83. The number of hydrogen-bond donors (Lipinski definition) is 1. The van der Waals surface area contributed by atoms with Gasteiger partial charge >= 0.3 is 5.97 Å². The van der Waals surface area contributed by atoms with Gasteiger partial charge in [0.25, 0.3) is 5.91 Å². The molecule has 2 aromatic carbocycles. The highest BCUT2D eigenvalue weighted by Gasteiger charge is 2.13. The Balaban J connectivity index is 1.35. The number of nitrogens with one attached hydrogen (secondary N) is 1. The fourth-order valence-corrected chi connectivity index (χ4v) is 4.28. The molecule has 156 valence electrons. The van der Waals surface area contributed by atoms with E-state index in [4.69, 9.17) is 9.47 Å². The predicted molar refractivity (Wildman–Crippen MR) is 122 cm³/mol. The van der Waals surface area contributed by atoms with E-state index in [0.717, 1.165) is 16.3 Å². The number of rotatable bonds is 7. The van der Waals surface area contributed by atoms with Gasteiger partial charge in [0.05, 0.1) is 28.8 Å². The van der Waals surface area contributed by atoms with Gasteiger partial charge < -0.3 is 14.8 Å². The van der Waals surface area contributed by atoms with Gasteiger partial charge in [0.2, 0.25) is 0 Å². The number of para-hydroxylation sites is 1. The second-order valence-corrected chi connectivity index (χ2v) is 8.23. The molecule has 0 bridgehead atoms. The molecule has 2 heterocycles. The zero-order valence-electron chi connectivity index (χ0n) is 16.5. The summed E-state index contributed by atoms with van der Waals surface area (Å²) in [4.78, 5) is 29.6. The van der Waals surface area contributed by atoms with Crippen molar-refractivity contribution >= 4 is 40.2 Å². The third kappa shape index (κ3) is 4.99. The minimum atomic E-state index is -0.456. The first-order valence-corrected chi connectivity index (χ1v) is 11.1. The topological polar surface area (TPSA) is 77.5 Å². The van der Waals surface area contributed by atoms with Crippen LogP contribution in [0.2, 0.25) is 0 Å². The summed E-state index contributed by atoms with van der Waals surface area (Å²) in [7, 11) is 1.62. The van der Waals surface area contributed by atoms with Crippen LogP contribution in [-0.4, -0.2) is 24.0 Å². The molecule has 6 nitrogen and oxygen atoms in total. The van der Waals surface area contributed by atoms with Gasteiger partial charge in [-0.3, -0.25) is 4.79 Å². The van der Waals surface area contributed by atoms with Crippen LogP contribution in [0, 0.1) is 0 Å². The van der Waals surface area contributed by atoms with E-state index < -0.39 is 5.97 Å². The number of amides is 1. The Bertz CT molecular complexity index is 1180. The molecule has 1 N–H and O–H groups in total. The van der Waals surface area contributed by atoms with Gasteiger partial charge in [-0.1, -0.05) is 18.2 Å².